The van der Waals surface area contributed by atoms with Gasteiger partial charge in [-0.05, 0) is 25.0 Å². The minimum absolute atomic E-state index is 0.102. The molecule has 1 amide bonds. The monoisotopic (exact) mass is 359 g/mol. The molecule has 0 aliphatic carbocycles. The lowest BCUT2D eigenvalue weighted by atomic mass is 10.0. The number of aliphatic hydroxyl groups is 1. The molecule has 0 heterocycles. The molecule has 0 radical (unpaired) electrons. The summed E-state index contributed by atoms with van der Waals surface area (Å²) in [4.78, 5) is 24.4. The summed E-state index contributed by atoms with van der Waals surface area (Å²) in [6.07, 6.45) is 10.5. The Morgan fingerprint density at radius 1 is 1.04 bits per heavy atom. The van der Waals surface area contributed by atoms with E-state index in [1.165, 1.54) is 38.7 Å². The van der Waals surface area contributed by atoms with Crippen LogP contribution in [0.25, 0.3) is 6.08 Å². The van der Waals surface area contributed by atoms with Crippen LogP contribution in [0.2, 0.25) is 0 Å². The van der Waals surface area contributed by atoms with Gasteiger partial charge in [-0.25, -0.2) is 0 Å². The topological polar surface area (TPSA) is 66.4 Å². The van der Waals surface area contributed by atoms with Gasteiger partial charge in [0.15, 0.2) is 5.78 Å². The van der Waals surface area contributed by atoms with Gasteiger partial charge in [-0.2, -0.15) is 0 Å². The predicted octanol–water partition coefficient (Wildman–Crippen LogP) is 4.28. The summed E-state index contributed by atoms with van der Waals surface area (Å²) in [5, 5.41) is 12.5. The average molecular weight is 360 g/mol. The number of rotatable bonds is 13. The zero-order chi connectivity index (χ0) is 19.2. The van der Waals surface area contributed by atoms with Crippen LogP contribution in [-0.2, 0) is 9.59 Å². The maximum atomic E-state index is 12.3. The molecule has 0 unspecified atom stereocenters. The zero-order valence-electron chi connectivity index (χ0n) is 16.1. The lowest BCUT2D eigenvalue weighted by Gasteiger charge is -2.19. The molecule has 26 heavy (non-hydrogen) atoms. The predicted molar refractivity (Wildman–Crippen MR) is 107 cm³/mol. The van der Waals surface area contributed by atoms with E-state index in [2.05, 4.69) is 12.2 Å². The first kappa shape index (κ1) is 22.1. The number of ketones is 1. The summed E-state index contributed by atoms with van der Waals surface area (Å²) in [5.41, 5.74) is 0.908. The Morgan fingerprint density at radius 3 is 2.27 bits per heavy atom. The molecule has 4 nitrogen and oxygen atoms in total. The lowest BCUT2D eigenvalue weighted by Crippen LogP contribution is -2.47. The van der Waals surface area contributed by atoms with Gasteiger partial charge < -0.3 is 10.4 Å². The van der Waals surface area contributed by atoms with E-state index in [0.717, 1.165) is 24.8 Å². The van der Waals surface area contributed by atoms with Crippen molar-refractivity contribution in [3.8, 4) is 0 Å². The van der Waals surface area contributed by atoms with E-state index >= 15 is 0 Å². The molecule has 0 spiro atoms. The first-order valence-electron chi connectivity index (χ1n) is 9.79. The molecule has 1 rings (SSSR count). The third-order valence-corrected chi connectivity index (χ3v) is 4.38. The van der Waals surface area contributed by atoms with Crippen molar-refractivity contribution in [2.45, 2.75) is 77.4 Å². The number of benzene rings is 1. The first-order valence-corrected chi connectivity index (χ1v) is 9.79. The number of Topliss-reactive ketones (excluding diaryl/α,β-unsaturated/α-hetero) is 1. The van der Waals surface area contributed by atoms with Crippen LogP contribution in [0.3, 0.4) is 0 Å². The molecular formula is C22H33NO3. The van der Waals surface area contributed by atoms with E-state index in [1.54, 1.807) is 6.08 Å². The molecule has 2 N–H and O–H groups in total. The van der Waals surface area contributed by atoms with Gasteiger partial charge >= 0.3 is 0 Å². The van der Waals surface area contributed by atoms with Crippen LogP contribution in [0.15, 0.2) is 36.4 Å². The van der Waals surface area contributed by atoms with Crippen molar-refractivity contribution in [3.05, 3.63) is 42.0 Å². The normalized spacial score (nSPS) is 13.5. The van der Waals surface area contributed by atoms with E-state index < -0.39 is 12.1 Å². The van der Waals surface area contributed by atoms with Crippen molar-refractivity contribution in [1.29, 1.82) is 0 Å². The fourth-order valence-corrected chi connectivity index (χ4v) is 2.82. The highest BCUT2D eigenvalue weighted by Crippen LogP contribution is 2.10. The molecular weight excluding hydrogens is 326 g/mol. The third-order valence-electron chi connectivity index (χ3n) is 4.38. The maximum absolute atomic E-state index is 12.3. The van der Waals surface area contributed by atoms with Gasteiger partial charge in [0.25, 0.3) is 0 Å². The lowest BCUT2D eigenvalue weighted by molar-refractivity contribution is -0.128. The Balaban J connectivity index is 2.38. The molecule has 0 aliphatic heterocycles. The summed E-state index contributed by atoms with van der Waals surface area (Å²) < 4.78 is 0. The van der Waals surface area contributed by atoms with E-state index in [-0.39, 0.29) is 11.7 Å². The fraction of sp³-hybridized carbons (Fsp3) is 0.545. The molecule has 0 saturated heterocycles. The molecule has 2 atom stereocenters. The second kappa shape index (κ2) is 13.3. The van der Waals surface area contributed by atoms with E-state index in [0.29, 0.717) is 6.42 Å². The van der Waals surface area contributed by atoms with Crippen molar-refractivity contribution in [2.24, 2.45) is 0 Å². The number of amides is 1. The molecule has 4 heteroatoms. The van der Waals surface area contributed by atoms with E-state index in [1.807, 2.05) is 30.3 Å². The highest BCUT2D eigenvalue weighted by molar-refractivity contribution is 5.96. The molecule has 0 aliphatic rings. The minimum Gasteiger partial charge on any atom is -0.391 e. The number of carbonyl (C=O) groups is 2. The third kappa shape index (κ3) is 9.52. The van der Waals surface area contributed by atoms with Crippen molar-refractivity contribution in [2.75, 3.05) is 0 Å². The van der Waals surface area contributed by atoms with Gasteiger partial charge in [0.05, 0.1) is 6.10 Å². The number of aliphatic hydroxyl groups excluding tert-OH is 1. The zero-order valence-corrected chi connectivity index (χ0v) is 16.1. The van der Waals surface area contributed by atoms with Gasteiger partial charge in [0.1, 0.15) is 6.04 Å². The Bertz CT molecular complexity index is 552. The summed E-state index contributed by atoms with van der Waals surface area (Å²) in [6.45, 7) is 3.73. The largest absolute Gasteiger partial charge is 0.391 e. The molecule has 0 bridgehead atoms. The molecule has 0 saturated carbocycles. The van der Waals surface area contributed by atoms with Crippen LogP contribution < -0.4 is 5.32 Å². The molecule has 0 aromatic heterocycles. The second-order valence-electron chi connectivity index (χ2n) is 6.81. The second-order valence-corrected chi connectivity index (χ2v) is 6.81. The Kier molecular flexibility index (Phi) is 11.3. The van der Waals surface area contributed by atoms with E-state index in [9.17, 15) is 14.7 Å². The summed E-state index contributed by atoms with van der Waals surface area (Å²) in [5.74, 6) is -0.470. The number of hydrogen-bond acceptors (Lipinski definition) is 3. The first-order chi connectivity index (χ1) is 12.5. The highest BCUT2D eigenvalue weighted by Gasteiger charge is 2.24. The number of unbranched alkanes of at least 4 members (excludes halogenated alkanes) is 6. The Morgan fingerprint density at radius 2 is 1.65 bits per heavy atom. The summed E-state index contributed by atoms with van der Waals surface area (Å²) >= 11 is 0. The van der Waals surface area contributed by atoms with Crippen molar-refractivity contribution >= 4 is 17.8 Å². The van der Waals surface area contributed by atoms with Crippen LogP contribution in [-0.4, -0.2) is 28.9 Å². The molecule has 1 aromatic carbocycles. The summed E-state index contributed by atoms with van der Waals surface area (Å²) in [6, 6.07) is 8.62. The standard InChI is InChI=1S/C22H33NO3/c1-3-4-5-6-7-8-12-15-20(25)22(18(2)24)23-21(26)17-16-19-13-10-9-11-14-19/h9-11,13-14,16-18,22,24H,3-8,12,15H2,1-2H3,(H,23,26)/b17-16+/t18-,22+/m1/s1. The van der Waals surface area contributed by atoms with Crippen LogP contribution in [0.1, 0.15) is 70.8 Å². The van der Waals surface area contributed by atoms with Crippen LogP contribution in [0.4, 0.5) is 0 Å². The van der Waals surface area contributed by atoms with Crippen molar-refractivity contribution in [3.63, 3.8) is 0 Å². The van der Waals surface area contributed by atoms with Crippen molar-refractivity contribution < 1.29 is 14.7 Å². The summed E-state index contributed by atoms with van der Waals surface area (Å²) in [7, 11) is 0. The van der Waals surface area contributed by atoms with Gasteiger partial charge in [-0.1, -0.05) is 75.8 Å². The average Bonchev–Trinajstić information content (AvgIpc) is 2.64. The van der Waals surface area contributed by atoms with Gasteiger partial charge in [0.2, 0.25) is 5.91 Å². The molecule has 0 fully saturated rings. The highest BCUT2D eigenvalue weighted by atomic mass is 16.3. The molecule has 1 aromatic rings. The SMILES string of the molecule is CCCCCCCCCC(=O)[C@@H](NC(=O)/C=C/c1ccccc1)[C@@H](C)O. The quantitative estimate of drug-likeness (QED) is 0.408. The van der Waals surface area contributed by atoms with Gasteiger partial charge in [-0.3, -0.25) is 9.59 Å². The number of carbonyl (C=O) groups excluding carboxylic acids is 2. The van der Waals surface area contributed by atoms with Crippen molar-refractivity contribution in [1.82, 2.24) is 5.32 Å². The van der Waals surface area contributed by atoms with E-state index in [4.69, 9.17) is 0 Å². The minimum atomic E-state index is -0.902. The Labute approximate surface area is 157 Å². The molecule has 144 valence electrons. The van der Waals surface area contributed by atoms with Gasteiger partial charge in [-0.15, -0.1) is 0 Å². The van der Waals surface area contributed by atoms with Gasteiger partial charge in [0, 0.05) is 12.5 Å². The van der Waals surface area contributed by atoms with Crippen LogP contribution in [0, 0.1) is 0 Å². The number of hydrogen-bond donors (Lipinski definition) is 2. The fourth-order valence-electron chi connectivity index (χ4n) is 2.82. The van der Waals surface area contributed by atoms with Crippen LogP contribution in [0.5, 0.6) is 0 Å². The Hall–Kier alpha value is -1.94. The van der Waals surface area contributed by atoms with Crippen LogP contribution >= 0.6 is 0 Å². The smallest absolute Gasteiger partial charge is 0.244 e. The number of nitrogens with one attached hydrogen (secondary N) is 1. The maximum Gasteiger partial charge on any atom is 0.244 e.